The van der Waals surface area contributed by atoms with E-state index in [9.17, 15) is 30.3 Å². The highest BCUT2D eigenvalue weighted by molar-refractivity contribution is 6.07. The molecule has 0 saturated carbocycles. The van der Waals surface area contributed by atoms with E-state index in [1.54, 1.807) is 19.1 Å². The summed E-state index contributed by atoms with van der Waals surface area (Å²) < 4.78 is 16.3. The van der Waals surface area contributed by atoms with E-state index < -0.39 is 37.3 Å². The van der Waals surface area contributed by atoms with Gasteiger partial charge in [0.1, 0.15) is 41.7 Å². The van der Waals surface area contributed by atoms with Crippen LogP contribution in [0.2, 0.25) is 0 Å². The average molecular weight is 408 g/mol. The Bertz CT molecular complexity index is 924. The number of aliphatic hydroxyl groups excluding tert-OH is 4. The van der Waals surface area contributed by atoms with Crippen LogP contribution in [0.1, 0.15) is 22.8 Å². The topological polar surface area (TPSA) is 146 Å². The number of Topliss-reactive ketones (excluding diaryl/α,β-unsaturated/α-hetero) is 1. The Morgan fingerprint density at radius 1 is 1.14 bits per heavy atom. The molecule has 9 heteroatoms. The van der Waals surface area contributed by atoms with Crippen LogP contribution in [0.5, 0.6) is 17.2 Å². The largest absolute Gasteiger partial charge is 0.506 e. The number of ketones is 1. The third-order valence-electron chi connectivity index (χ3n) is 5.02. The van der Waals surface area contributed by atoms with Crippen LogP contribution in [-0.4, -0.2) is 75.7 Å². The van der Waals surface area contributed by atoms with Gasteiger partial charge in [0.2, 0.25) is 6.29 Å². The van der Waals surface area contributed by atoms with Crippen LogP contribution in [0.4, 0.5) is 0 Å². The highest BCUT2D eigenvalue weighted by Crippen LogP contribution is 2.41. The van der Waals surface area contributed by atoms with Crippen molar-refractivity contribution in [3.63, 3.8) is 0 Å². The van der Waals surface area contributed by atoms with Gasteiger partial charge in [0, 0.05) is 6.07 Å². The molecule has 3 rings (SSSR count). The third-order valence-corrected chi connectivity index (χ3v) is 5.02. The van der Waals surface area contributed by atoms with Gasteiger partial charge in [-0.25, -0.2) is 0 Å². The zero-order valence-electron chi connectivity index (χ0n) is 16.2. The number of rotatable bonds is 5. The lowest BCUT2D eigenvalue weighted by molar-refractivity contribution is -0.277. The second-order valence-corrected chi connectivity index (χ2v) is 7.01. The minimum Gasteiger partial charge on any atom is -0.506 e. The molecule has 158 valence electrons. The Labute approximate surface area is 166 Å². The Kier molecular flexibility index (Phi) is 5.97. The number of fused-ring (bicyclic) bond motifs is 1. The number of hydrogen-bond acceptors (Lipinski definition) is 9. The normalized spacial score (nSPS) is 27.1. The summed E-state index contributed by atoms with van der Waals surface area (Å²) in [6, 6.07) is 4.67. The Morgan fingerprint density at radius 3 is 2.41 bits per heavy atom. The first-order chi connectivity index (χ1) is 13.7. The Balaban J connectivity index is 2.03. The summed E-state index contributed by atoms with van der Waals surface area (Å²) in [7, 11) is 1.39. The van der Waals surface area contributed by atoms with Gasteiger partial charge in [-0.15, -0.1) is 0 Å². The number of aryl methyl sites for hydroxylation is 1. The van der Waals surface area contributed by atoms with E-state index >= 15 is 0 Å². The summed E-state index contributed by atoms with van der Waals surface area (Å²) in [6.45, 7) is 2.47. The number of ether oxygens (including phenoxy) is 3. The zero-order chi connectivity index (χ0) is 21.5. The minimum atomic E-state index is -1.57. The minimum absolute atomic E-state index is 0.188. The predicted molar refractivity (Wildman–Crippen MR) is 101 cm³/mol. The molecule has 5 N–H and O–H groups in total. The predicted octanol–water partition coefficient (Wildman–Crippen LogP) is 0.244. The fraction of sp³-hybridized carbons (Fsp3) is 0.450. The number of phenols is 1. The van der Waals surface area contributed by atoms with E-state index in [1.807, 2.05) is 0 Å². The molecule has 0 amide bonds. The van der Waals surface area contributed by atoms with Crippen molar-refractivity contribution in [1.29, 1.82) is 0 Å². The van der Waals surface area contributed by atoms with Gasteiger partial charge < -0.3 is 39.7 Å². The van der Waals surface area contributed by atoms with Crippen molar-refractivity contribution in [2.45, 2.75) is 44.6 Å². The van der Waals surface area contributed by atoms with Crippen molar-refractivity contribution in [3.8, 4) is 17.2 Å². The third kappa shape index (κ3) is 3.75. The van der Waals surface area contributed by atoms with E-state index in [0.29, 0.717) is 16.3 Å². The molecular formula is C20H24O9. The summed E-state index contributed by atoms with van der Waals surface area (Å²) in [5.41, 5.74) is 0.757. The number of aromatic hydroxyl groups is 1. The molecule has 0 aliphatic carbocycles. The quantitative estimate of drug-likeness (QED) is 0.439. The van der Waals surface area contributed by atoms with Gasteiger partial charge in [0.15, 0.2) is 5.78 Å². The van der Waals surface area contributed by atoms with Crippen molar-refractivity contribution in [2.24, 2.45) is 0 Å². The van der Waals surface area contributed by atoms with E-state index in [2.05, 4.69) is 0 Å². The van der Waals surface area contributed by atoms with Crippen LogP contribution in [0.15, 0.2) is 18.2 Å². The number of aliphatic hydroxyl groups is 4. The highest BCUT2D eigenvalue weighted by Gasteiger charge is 2.44. The summed E-state index contributed by atoms with van der Waals surface area (Å²) in [6.07, 6.45) is -7.10. The number of methoxy groups -OCH3 is 1. The van der Waals surface area contributed by atoms with Gasteiger partial charge in [-0.1, -0.05) is 6.07 Å². The van der Waals surface area contributed by atoms with Crippen molar-refractivity contribution in [2.75, 3.05) is 13.7 Å². The molecule has 1 aliphatic heterocycles. The van der Waals surface area contributed by atoms with Gasteiger partial charge in [-0.05, 0) is 30.9 Å². The highest BCUT2D eigenvalue weighted by atomic mass is 16.7. The Morgan fingerprint density at radius 2 is 1.83 bits per heavy atom. The summed E-state index contributed by atoms with van der Waals surface area (Å²) >= 11 is 0. The average Bonchev–Trinajstić information content (AvgIpc) is 2.67. The van der Waals surface area contributed by atoms with Crippen molar-refractivity contribution >= 4 is 16.6 Å². The second kappa shape index (κ2) is 8.13. The molecule has 0 spiro atoms. The van der Waals surface area contributed by atoms with Gasteiger partial charge >= 0.3 is 0 Å². The van der Waals surface area contributed by atoms with Gasteiger partial charge in [0.05, 0.1) is 24.7 Å². The summed E-state index contributed by atoms with van der Waals surface area (Å²) in [5, 5.41) is 50.7. The van der Waals surface area contributed by atoms with Crippen LogP contribution in [0.25, 0.3) is 10.8 Å². The summed E-state index contributed by atoms with van der Waals surface area (Å²) in [4.78, 5) is 11.9. The van der Waals surface area contributed by atoms with Crippen LogP contribution >= 0.6 is 0 Å². The Hall–Kier alpha value is -2.43. The molecule has 1 fully saturated rings. The standard InChI is InChI=1S/C20H24O9/c1-8-4-10-5-11(6-12(27-3)15(10)17(24)14(8)9(2)22)28-20-19(26)18(25)16(23)13(7-21)29-20/h4-6,13,16,18-21,23-26H,7H2,1-3H3/t13-,16-,18+,19-,20-/m1/s1. The fourth-order valence-corrected chi connectivity index (χ4v) is 3.57. The maximum absolute atomic E-state index is 11.9. The molecule has 1 heterocycles. The molecule has 29 heavy (non-hydrogen) atoms. The van der Waals surface area contributed by atoms with Gasteiger partial charge in [-0.3, -0.25) is 4.79 Å². The SMILES string of the molecule is COc1cc(O[C@@H]2O[C@H](CO)[C@@H](O)[C@H](O)[C@H]2O)cc2cc(C)c(C(C)=O)c(O)c12. The molecule has 1 aliphatic rings. The maximum Gasteiger partial charge on any atom is 0.229 e. The van der Waals surface area contributed by atoms with E-state index in [-0.39, 0.29) is 28.6 Å². The molecule has 1 saturated heterocycles. The lowest BCUT2D eigenvalue weighted by Crippen LogP contribution is -2.60. The molecule has 2 aromatic carbocycles. The number of carbonyl (C=O) groups excluding carboxylic acids is 1. The van der Waals surface area contributed by atoms with Crippen molar-refractivity contribution in [1.82, 2.24) is 0 Å². The molecule has 0 aromatic heterocycles. The zero-order valence-corrected chi connectivity index (χ0v) is 16.2. The van der Waals surface area contributed by atoms with Crippen LogP contribution in [0, 0.1) is 6.92 Å². The maximum atomic E-state index is 11.9. The first kappa shape index (κ1) is 21.3. The molecule has 0 radical (unpaired) electrons. The number of benzene rings is 2. The number of phenolic OH excluding ortho intramolecular Hbond substituents is 1. The second-order valence-electron chi connectivity index (χ2n) is 7.01. The van der Waals surface area contributed by atoms with Gasteiger partial charge in [-0.2, -0.15) is 0 Å². The molecule has 0 bridgehead atoms. The van der Waals surface area contributed by atoms with Crippen molar-refractivity contribution < 1.29 is 44.5 Å². The molecule has 9 nitrogen and oxygen atoms in total. The lowest BCUT2D eigenvalue weighted by Gasteiger charge is -2.39. The fourth-order valence-electron chi connectivity index (χ4n) is 3.57. The van der Waals surface area contributed by atoms with E-state index in [1.165, 1.54) is 20.1 Å². The molecular weight excluding hydrogens is 384 g/mol. The number of carbonyl (C=O) groups is 1. The van der Waals surface area contributed by atoms with Crippen LogP contribution < -0.4 is 9.47 Å². The van der Waals surface area contributed by atoms with Crippen LogP contribution in [0.3, 0.4) is 0 Å². The first-order valence-corrected chi connectivity index (χ1v) is 9.02. The first-order valence-electron chi connectivity index (χ1n) is 9.02. The van der Waals surface area contributed by atoms with Gasteiger partial charge in [0.25, 0.3) is 0 Å². The molecule has 0 unspecified atom stereocenters. The monoisotopic (exact) mass is 408 g/mol. The van der Waals surface area contributed by atoms with E-state index in [4.69, 9.17) is 14.2 Å². The molecule has 2 aromatic rings. The van der Waals surface area contributed by atoms with Crippen molar-refractivity contribution in [3.05, 3.63) is 29.3 Å². The van der Waals surface area contributed by atoms with E-state index in [0.717, 1.165) is 0 Å². The van der Waals surface area contributed by atoms with Crippen LogP contribution in [-0.2, 0) is 4.74 Å². The number of hydrogen-bond donors (Lipinski definition) is 5. The molecule has 5 atom stereocenters. The lowest BCUT2D eigenvalue weighted by atomic mass is 9.97. The smallest absolute Gasteiger partial charge is 0.229 e. The summed E-state index contributed by atoms with van der Waals surface area (Å²) in [5.74, 6) is -0.0792.